The SMILES string of the molecule is CCCCC/C=C\COC(=O)CCCCCCCOCC(C)OCCCCCCCC(=O)OC/C=C\CCCCCC. The lowest BCUT2D eigenvalue weighted by Gasteiger charge is -2.13. The van der Waals surface area contributed by atoms with Gasteiger partial charge in [0.05, 0.1) is 12.7 Å². The number of hydrogen-bond donors (Lipinski definition) is 0. The predicted octanol–water partition coefficient (Wildman–Crippen LogP) is 9.84. The Labute approximate surface area is 259 Å². The molecule has 0 saturated heterocycles. The third kappa shape index (κ3) is 32.8. The summed E-state index contributed by atoms with van der Waals surface area (Å²) in [5.74, 6) is -0.175. The summed E-state index contributed by atoms with van der Waals surface area (Å²) in [6.07, 6.45) is 30.7. The predicted molar refractivity (Wildman–Crippen MR) is 175 cm³/mol. The number of unbranched alkanes of at least 4 members (excludes halogenated alkanes) is 15. The highest BCUT2D eigenvalue weighted by atomic mass is 16.5. The molecule has 0 aliphatic carbocycles. The topological polar surface area (TPSA) is 71.1 Å². The second kappa shape index (κ2) is 33.8. The van der Waals surface area contributed by atoms with E-state index < -0.39 is 0 Å². The van der Waals surface area contributed by atoms with E-state index in [2.05, 4.69) is 32.9 Å². The van der Waals surface area contributed by atoms with Crippen LogP contribution >= 0.6 is 0 Å². The van der Waals surface area contributed by atoms with Gasteiger partial charge in [0.2, 0.25) is 0 Å². The lowest BCUT2D eigenvalue weighted by molar-refractivity contribution is -0.143. The van der Waals surface area contributed by atoms with E-state index in [0.29, 0.717) is 32.7 Å². The fourth-order valence-corrected chi connectivity index (χ4v) is 4.49. The zero-order chi connectivity index (χ0) is 30.8. The normalized spacial score (nSPS) is 12.4. The van der Waals surface area contributed by atoms with Gasteiger partial charge >= 0.3 is 11.9 Å². The van der Waals surface area contributed by atoms with Crippen molar-refractivity contribution in [2.45, 2.75) is 162 Å². The molecule has 0 spiro atoms. The first-order valence-corrected chi connectivity index (χ1v) is 17.4. The first kappa shape index (κ1) is 40.3. The van der Waals surface area contributed by atoms with Gasteiger partial charge in [-0.1, -0.05) is 109 Å². The second-order valence-electron chi connectivity index (χ2n) is 11.4. The Kier molecular flexibility index (Phi) is 32.5. The highest BCUT2D eigenvalue weighted by molar-refractivity contribution is 5.69. The maximum Gasteiger partial charge on any atom is 0.306 e. The van der Waals surface area contributed by atoms with E-state index in [1.165, 1.54) is 44.9 Å². The van der Waals surface area contributed by atoms with Crippen LogP contribution in [0.25, 0.3) is 0 Å². The largest absolute Gasteiger partial charge is 0.461 e. The van der Waals surface area contributed by atoms with Gasteiger partial charge in [-0.2, -0.15) is 0 Å². The van der Waals surface area contributed by atoms with Gasteiger partial charge in [0.15, 0.2) is 0 Å². The lowest BCUT2D eigenvalue weighted by Crippen LogP contribution is -2.17. The van der Waals surface area contributed by atoms with Crippen LogP contribution in [0.4, 0.5) is 0 Å². The van der Waals surface area contributed by atoms with Crippen LogP contribution < -0.4 is 0 Å². The summed E-state index contributed by atoms with van der Waals surface area (Å²) in [6.45, 7) is 9.45. The summed E-state index contributed by atoms with van der Waals surface area (Å²) in [4.78, 5) is 23.6. The lowest BCUT2D eigenvalue weighted by atomic mass is 10.1. The molecule has 0 N–H and O–H groups in total. The molecule has 0 aliphatic heterocycles. The van der Waals surface area contributed by atoms with Crippen LogP contribution in [0.15, 0.2) is 24.3 Å². The number of esters is 2. The number of allylic oxidation sites excluding steroid dienone is 2. The molecule has 0 bridgehead atoms. The minimum absolute atomic E-state index is 0.0863. The second-order valence-corrected chi connectivity index (χ2v) is 11.4. The molecule has 0 heterocycles. The van der Waals surface area contributed by atoms with E-state index in [9.17, 15) is 9.59 Å². The first-order chi connectivity index (χ1) is 20.6. The summed E-state index contributed by atoms with van der Waals surface area (Å²) in [6, 6.07) is 0. The minimum atomic E-state index is -0.0882. The molecule has 6 heteroatoms. The summed E-state index contributed by atoms with van der Waals surface area (Å²) in [5.41, 5.74) is 0. The third-order valence-corrected chi connectivity index (χ3v) is 7.16. The van der Waals surface area contributed by atoms with Gasteiger partial charge in [-0.3, -0.25) is 9.59 Å². The Morgan fingerprint density at radius 1 is 0.548 bits per heavy atom. The maximum absolute atomic E-state index is 11.8. The van der Waals surface area contributed by atoms with Crippen molar-refractivity contribution in [3.63, 3.8) is 0 Å². The standard InChI is InChI=1S/C36H66O6/c1-4-6-8-10-12-19-26-32-42-36(38)28-22-16-14-20-24-30-40-34(3)33-39-29-23-17-13-15-21-27-35(37)41-31-25-18-11-9-7-5-2/h18-19,25-26,34H,4-17,20-24,27-33H2,1-3H3/b25-18-,26-19-. The zero-order valence-corrected chi connectivity index (χ0v) is 27.7. The molecule has 0 radical (unpaired) electrons. The van der Waals surface area contributed by atoms with E-state index in [1.807, 2.05) is 12.2 Å². The van der Waals surface area contributed by atoms with Crippen LogP contribution in [-0.2, 0) is 28.5 Å². The molecular weight excluding hydrogens is 528 g/mol. The number of carbonyl (C=O) groups excluding carboxylic acids is 2. The van der Waals surface area contributed by atoms with Crippen molar-refractivity contribution in [1.29, 1.82) is 0 Å². The quantitative estimate of drug-likeness (QED) is 0.0438. The van der Waals surface area contributed by atoms with Crippen LogP contribution in [0.3, 0.4) is 0 Å². The van der Waals surface area contributed by atoms with Crippen LogP contribution in [0.5, 0.6) is 0 Å². The van der Waals surface area contributed by atoms with Crippen molar-refractivity contribution in [1.82, 2.24) is 0 Å². The zero-order valence-electron chi connectivity index (χ0n) is 27.7. The van der Waals surface area contributed by atoms with Crippen LogP contribution in [0.2, 0.25) is 0 Å². The van der Waals surface area contributed by atoms with Crippen molar-refractivity contribution in [3.8, 4) is 0 Å². The molecule has 1 unspecified atom stereocenters. The van der Waals surface area contributed by atoms with Gasteiger partial charge in [0, 0.05) is 26.1 Å². The average molecular weight is 595 g/mol. The summed E-state index contributed by atoms with van der Waals surface area (Å²) in [7, 11) is 0. The molecule has 0 aromatic heterocycles. The molecular formula is C36H66O6. The highest BCUT2D eigenvalue weighted by Gasteiger charge is 2.04. The van der Waals surface area contributed by atoms with Crippen LogP contribution in [0, 0.1) is 0 Å². The van der Waals surface area contributed by atoms with Crippen molar-refractivity contribution in [2.75, 3.05) is 33.0 Å². The monoisotopic (exact) mass is 594 g/mol. The van der Waals surface area contributed by atoms with E-state index in [0.717, 1.165) is 90.3 Å². The average Bonchev–Trinajstić information content (AvgIpc) is 2.98. The number of hydrogen-bond acceptors (Lipinski definition) is 6. The van der Waals surface area contributed by atoms with Gasteiger partial charge in [-0.15, -0.1) is 0 Å². The Bertz CT molecular complexity index is 645. The third-order valence-electron chi connectivity index (χ3n) is 7.16. The highest BCUT2D eigenvalue weighted by Crippen LogP contribution is 2.09. The molecule has 42 heavy (non-hydrogen) atoms. The van der Waals surface area contributed by atoms with Crippen LogP contribution in [-0.4, -0.2) is 51.1 Å². The first-order valence-electron chi connectivity index (χ1n) is 17.4. The van der Waals surface area contributed by atoms with E-state index >= 15 is 0 Å². The van der Waals surface area contributed by atoms with E-state index in [4.69, 9.17) is 18.9 Å². The number of carbonyl (C=O) groups is 2. The number of ether oxygens (including phenoxy) is 4. The van der Waals surface area contributed by atoms with Gasteiger partial charge in [-0.25, -0.2) is 0 Å². The van der Waals surface area contributed by atoms with Crippen molar-refractivity contribution in [2.24, 2.45) is 0 Å². The van der Waals surface area contributed by atoms with Crippen molar-refractivity contribution >= 4 is 11.9 Å². The summed E-state index contributed by atoms with van der Waals surface area (Å²) in [5, 5.41) is 0. The van der Waals surface area contributed by atoms with Gasteiger partial charge in [0.25, 0.3) is 0 Å². The molecule has 0 rings (SSSR count). The summed E-state index contributed by atoms with van der Waals surface area (Å²) >= 11 is 0. The molecule has 0 aromatic rings. The van der Waals surface area contributed by atoms with Crippen molar-refractivity contribution in [3.05, 3.63) is 24.3 Å². The fraction of sp³-hybridized carbons (Fsp3) is 0.833. The number of rotatable bonds is 32. The van der Waals surface area contributed by atoms with E-state index in [-0.39, 0.29) is 18.0 Å². The molecule has 1 atom stereocenters. The Morgan fingerprint density at radius 2 is 1.00 bits per heavy atom. The smallest absolute Gasteiger partial charge is 0.306 e. The Hall–Kier alpha value is -1.66. The van der Waals surface area contributed by atoms with Crippen LogP contribution in [0.1, 0.15) is 156 Å². The van der Waals surface area contributed by atoms with Crippen molar-refractivity contribution < 1.29 is 28.5 Å². The van der Waals surface area contributed by atoms with Gasteiger partial charge < -0.3 is 18.9 Å². The molecule has 246 valence electrons. The molecule has 0 amide bonds. The molecule has 0 aliphatic rings. The Balaban J connectivity index is 3.36. The van der Waals surface area contributed by atoms with Gasteiger partial charge in [0.1, 0.15) is 13.2 Å². The Morgan fingerprint density at radius 3 is 1.57 bits per heavy atom. The molecule has 0 saturated carbocycles. The van der Waals surface area contributed by atoms with Gasteiger partial charge in [-0.05, 0) is 58.3 Å². The molecule has 6 nitrogen and oxygen atoms in total. The fourth-order valence-electron chi connectivity index (χ4n) is 4.49. The van der Waals surface area contributed by atoms with E-state index in [1.54, 1.807) is 0 Å². The molecule has 0 aromatic carbocycles. The molecule has 0 fully saturated rings. The maximum atomic E-state index is 11.8. The minimum Gasteiger partial charge on any atom is -0.461 e. The summed E-state index contributed by atoms with van der Waals surface area (Å²) < 4.78 is 22.1.